The molecule has 1 aliphatic carbocycles. The van der Waals surface area contributed by atoms with E-state index in [1.165, 1.54) is 25.7 Å². The predicted octanol–water partition coefficient (Wildman–Crippen LogP) is 1.55. The molecule has 0 unspecified atom stereocenters. The molecule has 1 aliphatic rings. The van der Waals surface area contributed by atoms with Crippen LogP contribution in [0.4, 0.5) is 11.9 Å². The average Bonchev–Trinajstić information content (AvgIpc) is 2.84. The number of hydrazine groups is 1. The van der Waals surface area contributed by atoms with Crippen LogP contribution in [0.2, 0.25) is 0 Å². The molecule has 0 saturated heterocycles. The molecular weight excluding hydrogens is 244 g/mol. The van der Waals surface area contributed by atoms with Gasteiger partial charge in [0.2, 0.25) is 11.9 Å². The van der Waals surface area contributed by atoms with Crippen molar-refractivity contribution in [3.8, 4) is 6.01 Å². The van der Waals surface area contributed by atoms with Crippen molar-refractivity contribution in [2.75, 3.05) is 23.9 Å². The van der Waals surface area contributed by atoms with Crippen LogP contribution in [0.1, 0.15) is 39.5 Å². The van der Waals surface area contributed by atoms with Crippen LogP contribution in [0.3, 0.4) is 0 Å². The van der Waals surface area contributed by atoms with Crippen molar-refractivity contribution in [3.63, 3.8) is 0 Å². The Morgan fingerprint density at radius 2 is 1.89 bits per heavy atom. The van der Waals surface area contributed by atoms with Crippen LogP contribution in [0, 0.1) is 5.41 Å². The van der Waals surface area contributed by atoms with E-state index in [2.05, 4.69) is 32.6 Å². The number of aromatic nitrogens is 3. The predicted molar refractivity (Wildman–Crippen MR) is 73.9 cm³/mol. The normalized spacial score (nSPS) is 17.2. The summed E-state index contributed by atoms with van der Waals surface area (Å²) in [5.41, 5.74) is 2.75. The lowest BCUT2D eigenvalue weighted by atomic mass is 9.89. The van der Waals surface area contributed by atoms with Crippen molar-refractivity contribution in [2.24, 2.45) is 11.3 Å². The highest BCUT2D eigenvalue weighted by Gasteiger charge is 2.28. The Hall–Kier alpha value is -1.63. The second kappa shape index (κ2) is 6.01. The highest BCUT2D eigenvalue weighted by molar-refractivity contribution is 5.35. The number of nitrogens with one attached hydrogen (secondary N) is 2. The van der Waals surface area contributed by atoms with Gasteiger partial charge in [0, 0.05) is 6.54 Å². The molecule has 0 spiro atoms. The highest BCUT2D eigenvalue weighted by Crippen LogP contribution is 2.37. The van der Waals surface area contributed by atoms with Crippen LogP contribution in [-0.4, -0.2) is 28.1 Å². The minimum Gasteiger partial charge on any atom is -0.464 e. The second-order valence-electron chi connectivity index (χ2n) is 5.21. The largest absolute Gasteiger partial charge is 0.464 e. The quantitative estimate of drug-likeness (QED) is 0.530. The van der Waals surface area contributed by atoms with E-state index in [0.29, 0.717) is 23.9 Å². The van der Waals surface area contributed by atoms with Gasteiger partial charge in [-0.2, -0.15) is 15.0 Å². The summed E-state index contributed by atoms with van der Waals surface area (Å²) >= 11 is 0. The minimum absolute atomic E-state index is 0.282. The Kier molecular flexibility index (Phi) is 4.36. The maximum Gasteiger partial charge on any atom is 0.323 e. The van der Waals surface area contributed by atoms with Crippen LogP contribution in [0.15, 0.2) is 0 Å². The fourth-order valence-corrected chi connectivity index (χ4v) is 2.39. The fraction of sp³-hybridized carbons (Fsp3) is 0.750. The van der Waals surface area contributed by atoms with Gasteiger partial charge in [0.25, 0.3) is 0 Å². The van der Waals surface area contributed by atoms with Gasteiger partial charge in [0.15, 0.2) is 0 Å². The van der Waals surface area contributed by atoms with Gasteiger partial charge in [-0.3, -0.25) is 5.43 Å². The summed E-state index contributed by atoms with van der Waals surface area (Å²) < 4.78 is 5.29. The lowest BCUT2D eigenvalue weighted by Crippen LogP contribution is -2.24. The average molecular weight is 266 g/mol. The van der Waals surface area contributed by atoms with E-state index < -0.39 is 0 Å². The van der Waals surface area contributed by atoms with Crippen LogP contribution in [0.5, 0.6) is 6.01 Å². The Labute approximate surface area is 113 Å². The number of hydrogen-bond acceptors (Lipinski definition) is 7. The van der Waals surface area contributed by atoms with Crippen LogP contribution in [0.25, 0.3) is 0 Å². The van der Waals surface area contributed by atoms with E-state index in [4.69, 9.17) is 10.6 Å². The lowest BCUT2D eigenvalue weighted by Gasteiger charge is -2.23. The molecule has 1 heterocycles. The third kappa shape index (κ3) is 3.66. The maximum absolute atomic E-state index is 5.34. The molecule has 7 nitrogen and oxygen atoms in total. The molecule has 1 aromatic rings. The van der Waals surface area contributed by atoms with Gasteiger partial charge in [-0.25, -0.2) is 5.84 Å². The van der Waals surface area contributed by atoms with Gasteiger partial charge in [-0.1, -0.05) is 19.8 Å². The number of ether oxygens (including phenoxy) is 1. The summed E-state index contributed by atoms with van der Waals surface area (Å²) in [6.45, 7) is 5.53. The van der Waals surface area contributed by atoms with Crippen molar-refractivity contribution >= 4 is 11.9 Å². The lowest BCUT2D eigenvalue weighted by molar-refractivity contribution is 0.312. The van der Waals surface area contributed by atoms with E-state index in [1.807, 2.05) is 6.92 Å². The first kappa shape index (κ1) is 13.8. The molecule has 0 bridgehead atoms. The Morgan fingerprint density at radius 3 is 2.53 bits per heavy atom. The standard InChI is InChI=1S/C12H22N6O/c1-3-19-11-16-9(15-10(17-11)18-13)14-8-12(2)6-4-5-7-12/h3-8,13H2,1-2H3,(H2,14,15,16,17,18). The molecule has 1 saturated carbocycles. The summed E-state index contributed by atoms with van der Waals surface area (Å²) in [4.78, 5) is 12.4. The van der Waals surface area contributed by atoms with E-state index in [9.17, 15) is 0 Å². The molecule has 0 amide bonds. The molecule has 4 N–H and O–H groups in total. The molecule has 19 heavy (non-hydrogen) atoms. The van der Waals surface area contributed by atoms with Gasteiger partial charge in [-0.15, -0.1) is 0 Å². The first-order chi connectivity index (χ1) is 9.15. The van der Waals surface area contributed by atoms with Gasteiger partial charge in [-0.05, 0) is 25.2 Å². The third-order valence-corrected chi connectivity index (χ3v) is 3.50. The molecule has 1 aromatic heterocycles. The maximum atomic E-state index is 5.34. The van der Waals surface area contributed by atoms with E-state index in [0.717, 1.165) is 6.54 Å². The summed E-state index contributed by atoms with van der Waals surface area (Å²) in [5, 5.41) is 3.26. The van der Waals surface area contributed by atoms with Crippen molar-refractivity contribution in [2.45, 2.75) is 39.5 Å². The first-order valence-electron chi connectivity index (χ1n) is 6.74. The Balaban J connectivity index is 2.04. The zero-order valence-corrected chi connectivity index (χ0v) is 11.6. The molecule has 0 radical (unpaired) electrons. The zero-order valence-electron chi connectivity index (χ0n) is 11.6. The van der Waals surface area contributed by atoms with Crippen molar-refractivity contribution in [1.29, 1.82) is 0 Å². The second-order valence-corrected chi connectivity index (χ2v) is 5.21. The SMILES string of the molecule is CCOc1nc(NN)nc(NCC2(C)CCCC2)n1. The summed E-state index contributed by atoms with van der Waals surface area (Å²) in [6, 6.07) is 0.282. The molecule has 1 fully saturated rings. The molecule has 2 rings (SSSR count). The number of anilines is 2. The monoisotopic (exact) mass is 266 g/mol. The summed E-state index contributed by atoms with van der Waals surface area (Å²) in [6.07, 6.45) is 5.08. The number of nitrogen functional groups attached to an aromatic ring is 1. The number of nitrogens with two attached hydrogens (primary N) is 1. The zero-order chi connectivity index (χ0) is 13.7. The van der Waals surface area contributed by atoms with Crippen molar-refractivity contribution in [3.05, 3.63) is 0 Å². The van der Waals surface area contributed by atoms with Crippen LogP contribution in [-0.2, 0) is 0 Å². The Morgan fingerprint density at radius 1 is 1.21 bits per heavy atom. The molecular formula is C12H22N6O. The van der Waals surface area contributed by atoms with Crippen molar-refractivity contribution in [1.82, 2.24) is 15.0 Å². The Bertz CT molecular complexity index is 419. The van der Waals surface area contributed by atoms with E-state index in [1.54, 1.807) is 0 Å². The van der Waals surface area contributed by atoms with Crippen LogP contribution < -0.4 is 21.3 Å². The summed E-state index contributed by atoms with van der Waals surface area (Å²) in [7, 11) is 0. The smallest absolute Gasteiger partial charge is 0.323 e. The first-order valence-corrected chi connectivity index (χ1v) is 6.74. The highest BCUT2D eigenvalue weighted by atomic mass is 16.5. The molecule has 0 atom stereocenters. The van der Waals surface area contributed by atoms with E-state index >= 15 is 0 Å². The third-order valence-electron chi connectivity index (χ3n) is 3.50. The van der Waals surface area contributed by atoms with Gasteiger partial charge in [0.1, 0.15) is 0 Å². The fourth-order valence-electron chi connectivity index (χ4n) is 2.39. The molecule has 0 aliphatic heterocycles. The van der Waals surface area contributed by atoms with E-state index in [-0.39, 0.29) is 6.01 Å². The minimum atomic E-state index is 0.282. The van der Waals surface area contributed by atoms with Gasteiger partial charge in [0.05, 0.1) is 6.61 Å². The van der Waals surface area contributed by atoms with Crippen molar-refractivity contribution < 1.29 is 4.74 Å². The molecule has 0 aromatic carbocycles. The number of rotatable bonds is 6. The number of hydrogen-bond donors (Lipinski definition) is 3. The molecule has 7 heteroatoms. The van der Waals surface area contributed by atoms with Gasteiger partial charge < -0.3 is 10.1 Å². The summed E-state index contributed by atoms with van der Waals surface area (Å²) in [5.74, 6) is 6.14. The van der Waals surface area contributed by atoms with Gasteiger partial charge >= 0.3 is 6.01 Å². The molecule has 106 valence electrons. The topological polar surface area (TPSA) is 98.0 Å². The number of nitrogens with zero attached hydrogens (tertiary/aromatic N) is 3. The van der Waals surface area contributed by atoms with Crippen LogP contribution >= 0.6 is 0 Å².